The molecule has 0 aliphatic carbocycles. The number of anilines is 1. The van der Waals surface area contributed by atoms with Crippen molar-refractivity contribution in [3.63, 3.8) is 0 Å². The van der Waals surface area contributed by atoms with Crippen molar-refractivity contribution in [3.05, 3.63) is 125 Å². The minimum absolute atomic E-state index is 0.189. The first kappa shape index (κ1) is 25.9. The molecule has 1 N–H and O–H groups in total. The second kappa shape index (κ2) is 11.7. The van der Waals surface area contributed by atoms with Gasteiger partial charge in [-0.05, 0) is 83.9 Å². The fourth-order valence-electron chi connectivity index (χ4n) is 3.39. The van der Waals surface area contributed by atoms with Crippen LogP contribution < -0.4 is 14.5 Å². The van der Waals surface area contributed by atoms with Gasteiger partial charge in [0.05, 0.1) is 16.8 Å². The number of sulfonamides is 1. The molecule has 188 valence electrons. The van der Waals surface area contributed by atoms with Crippen LogP contribution >= 0.6 is 11.6 Å². The number of ether oxygens (including phenoxy) is 1. The molecule has 0 fully saturated rings. The number of hydrogen-bond donors (Lipinski definition) is 1. The maximum Gasteiger partial charge on any atom is 0.271 e. The van der Waals surface area contributed by atoms with Crippen LogP contribution in [0.1, 0.15) is 21.5 Å². The van der Waals surface area contributed by atoms with Gasteiger partial charge in [-0.2, -0.15) is 5.10 Å². The molecule has 0 aliphatic heterocycles. The molecule has 0 aromatic heterocycles. The second-order valence-corrected chi connectivity index (χ2v) is 10.4. The summed E-state index contributed by atoms with van der Waals surface area (Å²) in [6.07, 6.45) is 1.52. The van der Waals surface area contributed by atoms with Gasteiger partial charge in [0, 0.05) is 17.6 Å². The Morgan fingerprint density at radius 2 is 1.65 bits per heavy atom. The fraction of sp³-hybridized carbons (Fsp3) is 0.0714. The van der Waals surface area contributed by atoms with Crippen LogP contribution in [-0.2, 0) is 16.6 Å². The summed E-state index contributed by atoms with van der Waals surface area (Å²) in [7, 11) is -2.23. The topological polar surface area (TPSA) is 88.1 Å². The Hall–Kier alpha value is -4.14. The Labute approximate surface area is 221 Å². The van der Waals surface area contributed by atoms with Gasteiger partial charge in [0.25, 0.3) is 15.9 Å². The standard InChI is InChI=1S/C28H24ClN3O4S/c1-32(37(34,35)27-8-3-2-4-9-27)25-14-12-23(13-15-25)28(33)31-30-19-21-10-16-26(17-11-21)36-20-22-6-5-7-24(29)18-22/h2-19H,20H2,1H3,(H,31,33)/b30-19-. The van der Waals surface area contributed by atoms with E-state index in [0.717, 1.165) is 11.1 Å². The highest BCUT2D eigenvalue weighted by molar-refractivity contribution is 7.92. The van der Waals surface area contributed by atoms with Crippen molar-refractivity contribution in [2.45, 2.75) is 11.5 Å². The van der Waals surface area contributed by atoms with E-state index in [4.69, 9.17) is 16.3 Å². The predicted octanol–water partition coefficient (Wildman–Crippen LogP) is 5.51. The van der Waals surface area contributed by atoms with E-state index < -0.39 is 15.9 Å². The number of halogens is 1. The number of rotatable bonds is 9. The van der Waals surface area contributed by atoms with Crippen LogP contribution in [0.2, 0.25) is 5.02 Å². The lowest BCUT2D eigenvalue weighted by Crippen LogP contribution is -2.26. The zero-order valence-corrected chi connectivity index (χ0v) is 21.5. The van der Waals surface area contributed by atoms with Gasteiger partial charge < -0.3 is 4.74 Å². The number of hydrazone groups is 1. The number of carbonyl (C=O) groups excluding carboxylic acids is 1. The summed E-state index contributed by atoms with van der Waals surface area (Å²) < 4.78 is 32.5. The SMILES string of the molecule is CN(c1ccc(C(=O)N/N=C\c2ccc(OCc3cccc(Cl)c3)cc2)cc1)S(=O)(=O)c1ccccc1. The monoisotopic (exact) mass is 533 g/mol. The molecular formula is C28H24ClN3O4S. The highest BCUT2D eigenvalue weighted by atomic mass is 35.5. The van der Waals surface area contributed by atoms with E-state index in [0.29, 0.717) is 28.6 Å². The first-order valence-corrected chi connectivity index (χ1v) is 13.1. The Kier molecular flexibility index (Phi) is 8.22. The number of carbonyl (C=O) groups is 1. The lowest BCUT2D eigenvalue weighted by molar-refractivity contribution is 0.0955. The Bertz CT molecular complexity index is 1490. The molecule has 0 bridgehead atoms. The van der Waals surface area contributed by atoms with Crippen LogP contribution in [0.4, 0.5) is 5.69 Å². The average Bonchev–Trinajstić information content (AvgIpc) is 2.93. The largest absolute Gasteiger partial charge is 0.489 e. The van der Waals surface area contributed by atoms with E-state index in [1.807, 2.05) is 48.5 Å². The van der Waals surface area contributed by atoms with Gasteiger partial charge in [0.1, 0.15) is 12.4 Å². The van der Waals surface area contributed by atoms with Crippen LogP contribution in [0.15, 0.2) is 113 Å². The van der Waals surface area contributed by atoms with Gasteiger partial charge >= 0.3 is 0 Å². The van der Waals surface area contributed by atoms with E-state index >= 15 is 0 Å². The van der Waals surface area contributed by atoms with Gasteiger partial charge in [0.15, 0.2) is 0 Å². The lowest BCUT2D eigenvalue weighted by Gasteiger charge is -2.19. The molecule has 37 heavy (non-hydrogen) atoms. The summed E-state index contributed by atoms with van der Waals surface area (Å²) in [6, 6.07) is 29.1. The maximum absolute atomic E-state index is 12.8. The van der Waals surface area contributed by atoms with Crippen molar-refractivity contribution in [2.24, 2.45) is 5.10 Å². The first-order valence-electron chi connectivity index (χ1n) is 11.3. The number of nitrogens with one attached hydrogen (secondary N) is 1. The third-order valence-corrected chi connectivity index (χ3v) is 7.48. The number of benzene rings is 4. The molecule has 4 aromatic carbocycles. The fourth-order valence-corrected chi connectivity index (χ4v) is 4.82. The Morgan fingerprint density at radius 3 is 2.32 bits per heavy atom. The maximum atomic E-state index is 12.8. The van der Waals surface area contributed by atoms with Crippen LogP contribution in [0.5, 0.6) is 5.75 Å². The van der Waals surface area contributed by atoms with Crippen molar-refractivity contribution in [2.75, 3.05) is 11.4 Å². The van der Waals surface area contributed by atoms with Crippen LogP contribution in [0.3, 0.4) is 0 Å². The second-order valence-electron chi connectivity index (χ2n) is 8.02. The van der Waals surface area contributed by atoms with Crippen molar-refractivity contribution >= 4 is 39.4 Å². The summed E-state index contributed by atoms with van der Waals surface area (Å²) >= 11 is 5.99. The Balaban J connectivity index is 1.31. The molecule has 0 radical (unpaired) electrons. The van der Waals surface area contributed by atoms with Crippen molar-refractivity contribution in [1.29, 1.82) is 0 Å². The van der Waals surface area contributed by atoms with E-state index in [1.165, 1.54) is 29.7 Å². The lowest BCUT2D eigenvalue weighted by atomic mass is 10.2. The predicted molar refractivity (Wildman–Crippen MR) is 146 cm³/mol. The number of nitrogens with zero attached hydrogens (tertiary/aromatic N) is 2. The highest BCUT2D eigenvalue weighted by Crippen LogP contribution is 2.22. The normalized spacial score (nSPS) is 11.3. The smallest absolute Gasteiger partial charge is 0.271 e. The minimum atomic E-state index is -3.70. The molecule has 0 unspecified atom stereocenters. The van der Waals surface area contributed by atoms with Crippen molar-refractivity contribution < 1.29 is 17.9 Å². The minimum Gasteiger partial charge on any atom is -0.489 e. The van der Waals surface area contributed by atoms with Crippen molar-refractivity contribution in [3.8, 4) is 5.75 Å². The Morgan fingerprint density at radius 1 is 0.946 bits per heavy atom. The zero-order valence-electron chi connectivity index (χ0n) is 19.9. The van der Waals surface area contributed by atoms with E-state index in [2.05, 4.69) is 10.5 Å². The molecule has 1 amide bonds. The summed E-state index contributed by atoms with van der Waals surface area (Å²) in [4.78, 5) is 12.6. The summed E-state index contributed by atoms with van der Waals surface area (Å²) in [5, 5.41) is 4.66. The third kappa shape index (κ3) is 6.75. The van der Waals surface area contributed by atoms with Gasteiger partial charge in [-0.25, -0.2) is 13.8 Å². The quantitative estimate of drug-likeness (QED) is 0.227. The van der Waals surface area contributed by atoms with E-state index in [1.54, 1.807) is 42.5 Å². The molecule has 0 spiro atoms. The van der Waals surface area contributed by atoms with Crippen molar-refractivity contribution in [1.82, 2.24) is 5.43 Å². The highest BCUT2D eigenvalue weighted by Gasteiger charge is 2.21. The van der Waals surface area contributed by atoms with Gasteiger partial charge in [-0.15, -0.1) is 0 Å². The molecule has 0 aliphatic rings. The van der Waals surface area contributed by atoms with Gasteiger partial charge in [-0.1, -0.05) is 41.9 Å². The number of amides is 1. The van der Waals surface area contributed by atoms with Crippen LogP contribution in [0, 0.1) is 0 Å². The van der Waals surface area contributed by atoms with Crippen LogP contribution in [-0.4, -0.2) is 27.6 Å². The first-order chi connectivity index (χ1) is 17.8. The summed E-state index contributed by atoms with van der Waals surface area (Å²) in [6.45, 7) is 0.400. The number of hydrogen-bond acceptors (Lipinski definition) is 5. The van der Waals surface area contributed by atoms with Crippen LogP contribution in [0.25, 0.3) is 0 Å². The molecule has 0 atom stereocenters. The molecule has 4 rings (SSSR count). The van der Waals surface area contributed by atoms with Gasteiger partial charge in [0.2, 0.25) is 0 Å². The molecule has 7 nitrogen and oxygen atoms in total. The average molecular weight is 534 g/mol. The van der Waals surface area contributed by atoms with E-state index in [-0.39, 0.29) is 4.90 Å². The molecular weight excluding hydrogens is 510 g/mol. The molecule has 0 saturated heterocycles. The summed E-state index contributed by atoms with van der Waals surface area (Å²) in [5.74, 6) is 0.276. The van der Waals surface area contributed by atoms with E-state index in [9.17, 15) is 13.2 Å². The molecule has 0 heterocycles. The summed E-state index contributed by atoms with van der Waals surface area (Å²) in [5.41, 5.74) is 5.00. The molecule has 9 heteroatoms. The zero-order chi connectivity index (χ0) is 26.3. The third-order valence-electron chi connectivity index (χ3n) is 5.45. The molecule has 4 aromatic rings. The van der Waals surface area contributed by atoms with Gasteiger partial charge in [-0.3, -0.25) is 9.10 Å². The molecule has 0 saturated carbocycles.